The van der Waals surface area contributed by atoms with E-state index in [1.165, 1.54) is 33.3 Å². The largest absolute Gasteiger partial charge is 0.496 e. The summed E-state index contributed by atoms with van der Waals surface area (Å²) in [6.07, 6.45) is 1.02. The van der Waals surface area contributed by atoms with E-state index in [2.05, 4.69) is 10.6 Å². The van der Waals surface area contributed by atoms with Crippen molar-refractivity contribution in [2.75, 3.05) is 46.8 Å². The number of amides is 2. The van der Waals surface area contributed by atoms with Gasteiger partial charge in [0.05, 0.1) is 23.3 Å². The average molecular weight is 478 g/mol. The molecule has 0 saturated carbocycles. The van der Waals surface area contributed by atoms with Gasteiger partial charge in [0.2, 0.25) is 15.9 Å². The van der Waals surface area contributed by atoms with Gasteiger partial charge in [-0.1, -0.05) is 12.1 Å². The Morgan fingerprint density at radius 3 is 2.45 bits per heavy atom. The SMILES string of the molecule is COCCCNC(=O)c1ccccc1NC(=O)CCc1cc(S(=O)(=O)N(C)C)ccc1OC. The van der Waals surface area contributed by atoms with Crippen LogP contribution in [0.15, 0.2) is 47.4 Å². The highest BCUT2D eigenvalue weighted by Crippen LogP contribution is 2.25. The van der Waals surface area contributed by atoms with Crippen molar-refractivity contribution < 1.29 is 27.5 Å². The van der Waals surface area contributed by atoms with E-state index in [1.807, 2.05) is 0 Å². The van der Waals surface area contributed by atoms with E-state index in [9.17, 15) is 18.0 Å². The van der Waals surface area contributed by atoms with Crippen molar-refractivity contribution in [3.63, 3.8) is 0 Å². The summed E-state index contributed by atoms with van der Waals surface area (Å²) in [5.74, 6) is -0.0980. The van der Waals surface area contributed by atoms with Gasteiger partial charge in [0.25, 0.3) is 5.91 Å². The molecule has 2 aromatic carbocycles. The summed E-state index contributed by atoms with van der Waals surface area (Å²) in [6.45, 7) is 1.00. The van der Waals surface area contributed by atoms with E-state index in [-0.39, 0.29) is 29.6 Å². The highest BCUT2D eigenvalue weighted by atomic mass is 32.2. The Hall–Kier alpha value is -2.95. The number of ether oxygens (including phenoxy) is 2. The van der Waals surface area contributed by atoms with E-state index in [4.69, 9.17) is 9.47 Å². The van der Waals surface area contributed by atoms with Gasteiger partial charge in [-0.25, -0.2) is 12.7 Å². The van der Waals surface area contributed by atoms with Crippen LogP contribution in [0.5, 0.6) is 5.75 Å². The average Bonchev–Trinajstić information content (AvgIpc) is 2.80. The standard InChI is InChI=1S/C23H31N3O6S/c1-26(2)33(29,30)18-11-12-21(32-4)17(16-18)10-13-22(27)25-20-9-6-5-8-19(20)23(28)24-14-7-15-31-3/h5-6,8-9,11-12,16H,7,10,13-15H2,1-4H3,(H,24,28)(H,25,27). The van der Waals surface area contributed by atoms with Crippen molar-refractivity contribution in [3.8, 4) is 5.75 Å². The van der Waals surface area contributed by atoms with Crippen LogP contribution in [0.4, 0.5) is 5.69 Å². The van der Waals surface area contributed by atoms with Gasteiger partial charge in [-0.05, 0) is 48.7 Å². The number of anilines is 1. The molecular formula is C23H31N3O6S. The lowest BCUT2D eigenvalue weighted by molar-refractivity contribution is -0.116. The van der Waals surface area contributed by atoms with Crippen molar-refractivity contribution in [1.82, 2.24) is 9.62 Å². The Labute approximate surface area is 195 Å². The van der Waals surface area contributed by atoms with Gasteiger partial charge in [-0.15, -0.1) is 0 Å². The Balaban J connectivity index is 2.09. The highest BCUT2D eigenvalue weighted by Gasteiger charge is 2.20. The van der Waals surface area contributed by atoms with Gasteiger partial charge in [-0.2, -0.15) is 0 Å². The zero-order valence-corrected chi connectivity index (χ0v) is 20.2. The van der Waals surface area contributed by atoms with Crippen molar-refractivity contribution >= 4 is 27.5 Å². The molecule has 2 N–H and O–H groups in total. The quantitative estimate of drug-likeness (QED) is 0.454. The molecule has 0 aromatic heterocycles. The van der Waals surface area contributed by atoms with Gasteiger partial charge in [0.15, 0.2) is 0 Å². The number of para-hydroxylation sites is 1. The van der Waals surface area contributed by atoms with Crippen molar-refractivity contribution in [2.24, 2.45) is 0 Å². The third-order valence-electron chi connectivity index (χ3n) is 4.91. The molecule has 0 saturated heterocycles. The minimum Gasteiger partial charge on any atom is -0.496 e. The van der Waals surface area contributed by atoms with Gasteiger partial charge >= 0.3 is 0 Å². The fourth-order valence-electron chi connectivity index (χ4n) is 3.09. The fraction of sp³-hybridized carbons (Fsp3) is 0.391. The lowest BCUT2D eigenvalue weighted by Crippen LogP contribution is -2.26. The number of sulfonamides is 1. The molecule has 0 aliphatic heterocycles. The number of rotatable bonds is 12. The molecule has 9 nitrogen and oxygen atoms in total. The molecule has 0 aliphatic carbocycles. The Bertz CT molecular complexity index is 1070. The second-order valence-corrected chi connectivity index (χ2v) is 9.61. The van der Waals surface area contributed by atoms with Crippen LogP contribution in [-0.2, 0) is 26.0 Å². The van der Waals surface area contributed by atoms with Crippen molar-refractivity contribution in [2.45, 2.75) is 24.2 Å². The topological polar surface area (TPSA) is 114 Å². The van der Waals surface area contributed by atoms with Crippen LogP contribution in [0.2, 0.25) is 0 Å². The highest BCUT2D eigenvalue weighted by molar-refractivity contribution is 7.89. The number of nitrogens with zero attached hydrogens (tertiary/aromatic N) is 1. The van der Waals surface area contributed by atoms with E-state index >= 15 is 0 Å². The maximum Gasteiger partial charge on any atom is 0.253 e. The lowest BCUT2D eigenvalue weighted by Gasteiger charge is -2.15. The van der Waals surface area contributed by atoms with Gasteiger partial charge < -0.3 is 20.1 Å². The first-order chi connectivity index (χ1) is 15.7. The summed E-state index contributed by atoms with van der Waals surface area (Å²) >= 11 is 0. The van der Waals surface area contributed by atoms with E-state index in [1.54, 1.807) is 37.4 Å². The molecule has 0 spiro atoms. The molecule has 180 valence electrons. The number of aryl methyl sites for hydroxylation is 1. The van der Waals surface area contributed by atoms with Crippen LogP contribution < -0.4 is 15.4 Å². The molecule has 0 unspecified atom stereocenters. The number of benzene rings is 2. The summed E-state index contributed by atoms with van der Waals surface area (Å²) in [5.41, 5.74) is 1.36. The molecular weight excluding hydrogens is 446 g/mol. The molecule has 0 aliphatic rings. The van der Waals surface area contributed by atoms with Gasteiger partial charge in [0.1, 0.15) is 5.75 Å². The predicted octanol–water partition coefficient (Wildman–Crippen LogP) is 2.28. The Morgan fingerprint density at radius 1 is 1.06 bits per heavy atom. The number of hydrogen-bond acceptors (Lipinski definition) is 6. The molecule has 2 aromatic rings. The van der Waals surface area contributed by atoms with Gasteiger partial charge in [0, 0.05) is 40.8 Å². The normalized spacial score (nSPS) is 11.3. The lowest BCUT2D eigenvalue weighted by atomic mass is 10.1. The van der Waals surface area contributed by atoms with Crippen LogP contribution in [0.1, 0.15) is 28.8 Å². The number of methoxy groups -OCH3 is 2. The monoisotopic (exact) mass is 477 g/mol. The first kappa shape index (κ1) is 26.3. The smallest absolute Gasteiger partial charge is 0.253 e. The zero-order valence-electron chi connectivity index (χ0n) is 19.4. The maximum atomic E-state index is 12.6. The molecule has 10 heteroatoms. The summed E-state index contributed by atoms with van der Waals surface area (Å²) in [4.78, 5) is 25.2. The third-order valence-corrected chi connectivity index (χ3v) is 6.72. The number of carbonyl (C=O) groups is 2. The molecule has 0 bridgehead atoms. The van der Waals surface area contributed by atoms with Crippen LogP contribution in [0.25, 0.3) is 0 Å². The van der Waals surface area contributed by atoms with Crippen LogP contribution in [0.3, 0.4) is 0 Å². The zero-order chi connectivity index (χ0) is 24.4. The molecule has 33 heavy (non-hydrogen) atoms. The van der Waals surface area contributed by atoms with Gasteiger partial charge in [-0.3, -0.25) is 9.59 Å². The Kier molecular flexibility index (Phi) is 9.83. The van der Waals surface area contributed by atoms with Crippen molar-refractivity contribution in [3.05, 3.63) is 53.6 Å². The molecule has 0 radical (unpaired) electrons. The van der Waals surface area contributed by atoms with Crippen LogP contribution in [0, 0.1) is 0 Å². The fourth-order valence-corrected chi connectivity index (χ4v) is 4.04. The van der Waals surface area contributed by atoms with E-state index < -0.39 is 10.0 Å². The first-order valence-electron chi connectivity index (χ1n) is 10.5. The molecule has 0 atom stereocenters. The first-order valence-corrected chi connectivity index (χ1v) is 11.9. The second kappa shape index (κ2) is 12.3. The number of carbonyl (C=O) groups excluding carboxylic acids is 2. The summed E-state index contributed by atoms with van der Waals surface area (Å²) in [7, 11) is 2.38. The van der Waals surface area contributed by atoms with E-state index in [0.29, 0.717) is 42.1 Å². The molecule has 0 fully saturated rings. The second-order valence-electron chi connectivity index (χ2n) is 7.46. The van der Waals surface area contributed by atoms with Crippen LogP contribution in [-0.4, -0.2) is 66.0 Å². The predicted molar refractivity (Wildman–Crippen MR) is 126 cm³/mol. The maximum absolute atomic E-state index is 12.6. The van der Waals surface area contributed by atoms with Crippen molar-refractivity contribution in [1.29, 1.82) is 0 Å². The van der Waals surface area contributed by atoms with E-state index in [0.717, 1.165) is 4.31 Å². The number of hydrogen-bond donors (Lipinski definition) is 2. The summed E-state index contributed by atoms with van der Waals surface area (Å²) in [6, 6.07) is 11.3. The summed E-state index contributed by atoms with van der Waals surface area (Å²) < 4.78 is 36.3. The Morgan fingerprint density at radius 2 is 1.79 bits per heavy atom. The molecule has 0 heterocycles. The molecule has 2 rings (SSSR count). The number of nitrogens with one attached hydrogen (secondary N) is 2. The summed E-state index contributed by atoms with van der Waals surface area (Å²) in [5, 5.41) is 5.57. The van der Waals surface area contributed by atoms with Crippen LogP contribution >= 0.6 is 0 Å². The minimum atomic E-state index is -3.61. The third kappa shape index (κ3) is 7.28. The minimum absolute atomic E-state index is 0.0750. The molecule has 2 amide bonds.